The molecule has 6 heteroatoms. The highest BCUT2D eigenvalue weighted by Gasteiger charge is 2.08. The lowest BCUT2D eigenvalue weighted by Crippen LogP contribution is -2.03. The van der Waals surface area contributed by atoms with E-state index in [1.54, 1.807) is 30.5 Å². The van der Waals surface area contributed by atoms with Gasteiger partial charge in [-0.25, -0.2) is 9.97 Å². The lowest BCUT2D eigenvalue weighted by molar-refractivity contribution is 0.971. The molecule has 0 fully saturated rings. The Morgan fingerprint density at radius 3 is 2.27 bits per heavy atom. The Morgan fingerprint density at radius 1 is 1.00 bits per heavy atom. The van der Waals surface area contributed by atoms with E-state index < -0.39 is 0 Å². The molecule has 6 nitrogen and oxygen atoms in total. The van der Waals surface area contributed by atoms with Crippen LogP contribution < -0.4 is 5.32 Å². The van der Waals surface area contributed by atoms with Crippen molar-refractivity contribution in [1.29, 1.82) is 15.8 Å². The summed E-state index contributed by atoms with van der Waals surface area (Å²) >= 11 is 0. The number of rotatable bonds is 5. The Labute approximate surface area is 175 Å². The van der Waals surface area contributed by atoms with Gasteiger partial charge in [0.25, 0.3) is 0 Å². The maximum absolute atomic E-state index is 8.95. The van der Waals surface area contributed by atoms with Crippen LogP contribution in [-0.2, 0) is 6.42 Å². The summed E-state index contributed by atoms with van der Waals surface area (Å²) in [6.07, 6.45) is 3.85. The average Bonchev–Trinajstić information content (AvgIpc) is 2.75. The molecule has 1 heterocycles. The molecule has 0 saturated carbocycles. The first-order valence-corrected chi connectivity index (χ1v) is 9.23. The fourth-order valence-corrected chi connectivity index (χ4v) is 3.10. The van der Waals surface area contributed by atoms with E-state index in [0.29, 0.717) is 23.6 Å². The number of allylic oxidation sites excluding steroid dienone is 1. The summed E-state index contributed by atoms with van der Waals surface area (Å²) in [5, 5.41) is 30.2. The number of nitrogens with zero attached hydrogens (tertiary/aromatic N) is 5. The Bertz CT molecular complexity index is 1200. The van der Waals surface area contributed by atoms with Crippen molar-refractivity contribution < 1.29 is 0 Å². The van der Waals surface area contributed by atoms with E-state index in [2.05, 4.69) is 21.4 Å². The third-order valence-corrected chi connectivity index (χ3v) is 4.51. The first kappa shape index (κ1) is 20.3. The van der Waals surface area contributed by atoms with E-state index in [1.807, 2.05) is 50.3 Å². The minimum absolute atomic E-state index is 0.0674. The standard InChI is InChI=1S/C24H18N6/c1-16-9-20(11-21(14-26)15-27)10-17(2)24(16)30-22-7-8-28-23(29-22)12-18-3-5-19(13-25)6-4-18/h3-11H,12H2,1-2H3,(H,28,29,30). The molecule has 0 aliphatic heterocycles. The largest absolute Gasteiger partial charge is 0.340 e. The Morgan fingerprint density at radius 2 is 1.67 bits per heavy atom. The van der Waals surface area contributed by atoms with Crippen LogP contribution in [-0.4, -0.2) is 9.97 Å². The van der Waals surface area contributed by atoms with Gasteiger partial charge in [-0.1, -0.05) is 12.1 Å². The van der Waals surface area contributed by atoms with Crippen LogP contribution in [0, 0.1) is 47.8 Å². The summed E-state index contributed by atoms with van der Waals surface area (Å²) in [6, 6.07) is 18.9. The summed E-state index contributed by atoms with van der Waals surface area (Å²) in [6.45, 7) is 3.92. The Balaban J connectivity index is 1.82. The van der Waals surface area contributed by atoms with Crippen molar-refractivity contribution in [1.82, 2.24) is 9.97 Å². The van der Waals surface area contributed by atoms with Gasteiger partial charge in [0.2, 0.25) is 0 Å². The normalized spacial score (nSPS) is 9.70. The number of hydrogen-bond acceptors (Lipinski definition) is 6. The third kappa shape index (κ3) is 4.87. The predicted octanol–water partition coefficient (Wildman–Crippen LogP) is 4.73. The number of hydrogen-bond donors (Lipinski definition) is 1. The van der Waals surface area contributed by atoms with Crippen LogP contribution in [0.3, 0.4) is 0 Å². The van der Waals surface area contributed by atoms with Gasteiger partial charge in [-0.15, -0.1) is 0 Å². The first-order valence-electron chi connectivity index (χ1n) is 9.23. The van der Waals surface area contributed by atoms with Crippen molar-refractivity contribution in [2.75, 3.05) is 5.32 Å². The lowest BCUT2D eigenvalue weighted by Gasteiger charge is -2.14. The van der Waals surface area contributed by atoms with Crippen molar-refractivity contribution in [2.45, 2.75) is 20.3 Å². The van der Waals surface area contributed by atoms with Gasteiger partial charge in [-0.05, 0) is 72.5 Å². The molecular formula is C24H18N6. The number of nitriles is 3. The molecule has 0 aliphatic rings. The second-order valence-electron chi connectivity index (χ2n) is 6.78. The highest BCUT2D eigenvalue weighted by Crippen LogP contribution is 2.26. The van der Waals surface area contributed by atoms with Crippen LogP contribution in [0.25, 0.3) is 6.08 Å². The smallest absolute Gasteiger partial charge is 0.135 e. The molecule has 3 aromatic rings. The van der Waals surface area contributed by atoms with Crippen molar-refractivity contribution in [3.8, 4) is 18.2 Å². The Kier molecular flexibility index (Phi) is 6.18. The van der Waals surface area contributed by atoms with Crippen molar-refractivity contribution in [2.24, 2.45) is 0 Å². The van der Waals surface area contributed by atoms with Crippen LogP contribution in [0.4, 0.5) is 11.5 Å². The SMILES string of the molecule is Cc1cc(C=C(C#N)C#N)cc(C)c1Nc1ccnc(Cc2ccc(C#N)cc2)n1. The second kappa shape index (κ2) is 9.15. The summed E-state index contributed by atoms with van der Waals surface area (Å²) in [5.41, 5.74) is 5.39. The molecule has 0 bridgehead atoms. The van der Waals surface area contributed by atoms with Gasteiger partial charge in [0.15, 0.2) is 0 Å². The molecule has 0 spiro atoms. The molecule has 1 N–H and O–H groups in total. The number of anilines is 2. The average molecular weight is 390 g/mol. The van der Waals surface area contributed by atoms with Gasteiger partial charge in [-0.2, -0.15) is 15.8 Å². The molecule has 30 heavy (non-hydrogen) atoms. The summed E-state index contributed by atoms with van der Waals surface area (Å²) < 4.78 is 0. The zero-order valence-corrected chi connectivity index (χ0v) is 16.6. The fraction of sp³-hybridized carbons (Fsp3) is 0.125. The van der Waals surface area contributed by atoms with E-state index >= 15 is 0 Å². The van der Waals surface area contributed by atoms with Gasteiger partial charge in [0, 0.05) is 18.3 Å². The Hall–Kier alpha value is -4.47. The van der Waals surface area contributed by atoms with Crippen molar-refractivity contribution >= 4 is 17.6 Å². The topological polar surface area (TPSA) is 109 Å². The zero-order chi connectivity index (χ0) is 21.5. The number of benzene rings is 2. The molecule has 0 saturated heterocycles. The van der Waals surface area contributed by atoms with Gasteiger partial charge < -0.3 is 5.32 Å². The molecule has 1 aromatic heterocycles. The summed E-state index contributed by atoms with van der Waals surface area (Å²) in [7, 11) is 0. The molecule has 144 valence electrons. The highest BCUT2D eigenvalue weighted by atomic mass is 15.0. The third-order valence-electron chi connectivity index (χ3n) is 4.51. The van der Waals surface area contributed by atoms with E-state index in [9.17, 15) is 0 Å². The summed E-state index contributed by atoms with van der Waals surface area (Å²) in [5.74, 6) is 1.35. The van der Waals surface area contributed by atoms with Crippen LogP contribution in [0.2, 0.25) is 0 Å². The minimum Gasteiger partial charge on any atom is -0.340 e. The zero-order valence-electron chi connectivity index (χ0n) is 16.6. The van der Waals surface area contributed by atoms with E-state index in [-0.39, 0.29) is 5.57 Å². The van der Waals surface area contributed by atoms with Gasteiger partial charge in [0.05, 0.1) is 11.6 Å². The first-order chi connectivity index (χ1) is 14.5. The van der Waals surface area contributed by atoms with Crippen LogP contribution >= 0.6 is 0 Å². The molecule has 0 aliphatic carbocycles. The number of nitrogens with one attached hydrogen (secondary N) is 1. The highest BCUT2D eigenvalue weighted by molar-refractivity contribution is 5.70. The number of aromatic nitrogens is 2. The monoisotopic (exact) mass is 390 g/mol. The van der Waals surface area contributed by atoms with Crippen LogP contribution in [0.1, 0.15) is 33.6 Å². The molecular weight excluding hydrogens is 372 g/mol. The van der Waals surface area contributed by atoms with Gasteiger partial charge in [-0.3, -0.25) is 0 Å². The predicted molar refractivity (Wildman–Crippen MR) is 114 cm³/mol. The maximum Gasteiger partial charge on any atom is 0.135 e. The van der Waals surface area contributed by atoms with Crippen molar-refractivity contribution in [3.63, 3.8) is 0 Å². The van der Waals surface area contributed by atoms with E-state index in [4.69, 9.17) is 15.8 Å². The molecule has 0 atom stereocenters. The van der Waals surface area contributed by atoms with E-state index in [0.717, 1.165) is 27.9 Å². The summed E-state index contributed by atoms with van der Waals surface area (Å²) in [4.78, 5) is 8.94. The quantitative estimate of drug-likeness (QED) is 0.631. The minimum atomic E-state index is 0.0674. The molecule has 0 unspecified atom stereocenters. The molecule has 0 radical (unpaired) electrons. The number of aryl methyl sites for hydroxylation is 2. The lowest BCUT2D eigenvalue weighted by atomic mass is 10.0. The fourth-order valence-electron chi connectivity index (χ4n) is 3.10. The van der Waals surface area contributed by atoms with Crippen LogP contribution in [0.5, 0.6) is 0 Å². The van der Waals surface area contributed by atoms with Crippen molar-refractivity contribution in [3.05, 3.63) is 87.9 Å². The van der Waals surface area contributed by atoms with Crippen LogP contribution in [0.15, 0.2) is 54.2 Å². The molecule has 3 rings (SSSR count). The van der Waals surface area contributed by atoms with Gasteiger partial charge in [0.1, 0.15) is 29.4 Å². The van der Waals surface area contributed by atoms with E-state index in [1.165, 1.54) is 0 Å². The second-order valence-corrected chi connectivity index (χ2v) is 6.78. The molecule has 2 aromatic carbocycles. The van der Waals surface area contributed by atoms with Gasteiger partial charge >= 0.3 is 0 Å². The maximum atomic E-state index is 8.95. The molecule has 0 amide bonds.